The molecule has 1 saturated carbocycles. The number of anilines is 1. The van der Waals surface area contributed by atoms with Crippen molar-refractivity contribution in [1.82, 2.24) is 0 Å². The molecule has 2 unspecified atom stereocenters. The van der Waals surface area contributed by atoms with Crippen LogP contribution in [0.15, 0.2) is 18.2 Å². The van der Waals surface area contributed by atoms with Crippen molar-refractivity contribution in [3.05, 3.63) is 29.8 Å². The maximum Gasteiger partial charge on any atom is 0.160 e. The molecule has 1 aliphatic heterocycles. The highest BCUT2D eigenvalue weighted by molar-refractivity contribution is 5.48. The Morgan fingerprint density at radius 1 is 1.07 bits per heavy atom. The maximum atomic E-state index is 12.9. The van der Waals surface area contributed by atoms with Gasteiger partial charge >= 0.3 is 0 Å². The van der Waals surface area contributed by atoms with Crippen LogP contribution in [0.1, 0.15) is 6.42 Å². The lowest BCUT2D eigenvalue weighted by Gasteiger charge is -2.20. The lowest BCUT2D eigenvalue weighted by molar-refractivity contribution is 0.508. The van der Waals surface area contributed by atoms with Crippen LogP contribution < -0.4 is 4.90 Å². The Labute approximate surface area is 81.3 Å². The molecule has 3 heteroatoms. The Balaban J connectivity index is 1.86. The predicted octanol–water partition coefficient (Wildman–Crippen LogP) is 2.42. The van der Waals surface area contributed by atoms with E-state index in [1.807, 2.05) is 0 Å². The van der Waals surface area contributed by atoms with E-state index in [4.69, 9.17) is 0 Å². The number of benzene rings is 1. The normalized spacial score (nSPS) is 29.1. The molecule has 0 radical (unpaired) electrons. The van der Waals surface area contributed by atoms with Gasteiger partial charge in [0.1, 0.15) is 0 Å². The van der Waals surface area contributed by atoms with Gasteiger partial charge in [0.15, 0.2) is 11.6 Å². The van der Waals surface area contributed by atoms with Crippen LogP contribution in [0.2, 0.25) is 0 Å². The van der Waals surface area contributed by atoms with E-state index in [2.05, 4.69) is 4.90 Å². The quantitative estimate of drug-likeness (QED) is 0.665. The molecule has 2 aliphatic rings. The van der Waals surface area contributed by atoms with Crippen molar-refractivity contribution < 1.29 is 8.78 Å². The van der Waals surface area contributed by atoms with Crippen LogP contribution in [0.3, 0.4) is 0 Å². The van der Waals surface area contributed by atoms with Gasteiger partial charge in [-0.25, -0.2) is 8.78 Å². The molecule has 0 amide bonds. The summed E-state index contributed by atoms with van der Waals surface area (Å²) in [5.74, 6) is 0.104. The molecule has 1 aromatic rings. The van der Waals surface area contributed by atoms with E-state index in [0.29, 0.717) is 0 Å². The number of hydrogen-bond donors (Lipinski definition) is 0. The van der Waals surface area contributed by atoms with E-state index in [0.717, 1.165) is 30.6 Å². The van der Waals surface area contributed by atoms with E-state index < -0.39 is 11.6 Å². The summed E-state index contributed by atoms with van der Waals surface area (Å²) in [6.07, 6.45) is 1.32. The minimum absolute atomic E-state index is 0.747. The molecule has 1 aliphatic carbocycles. The Kier molecular flexibility index (Phi) is 1.58. The summed E-state index contributed by atoms with van der Waals surface area (Å²) in [7, 11) is 0. The molecule has 74 valence electrons. The average Bonchev–Trinajstić information content (AvgIpc) is 2.78. The average molecular weight is 195 g/mol. The minimum Gasteiger partial charge on any atom is -0.371 e. The molecule has 0 spiro atoms. The van der Waals surface area contributed by atoms with Crippen LogP contribution in [0.25, 0.3) is 0 Å². The van der Waals surface area contributed by atoms with Gasteiger partial charge in [0.25, 0.3) is 0 Å². The van der Waals surface area contributed by atoms with Gasteiger partial charge in [0.05, 0.1) is 0 Å². The fourth-order valence-electron chi connectivity index (χ4n) is 2.29. The minimum atomic E-state index is -0.766. The van der Waals surface area contributed by atoms with Gasteiger partial charge in [-0.3, -0.25) is 0 Å². The third kappa shape index (κ3) is 1.19. The van der Waals surface area contributed by atoms with Crippen molar-refractivity contribution in [2.24, 2.45) is 11.8 Å². The molecule has 0 aromatic heterocycles. The van der Waals surface area contributed by atoms with E-state index in [1.165, 1.54) is 18.6 Å². The van der Waals surface area contributed by atoms with Gasteiger partial charge in [0, 0.05) is 24.8 Å². The largest absolute Gasteiger partial charge is 0.371 e. The van der Waals surface area contributed by atoms with Gasteiger partial charge in [-0.15, -0.1) is 0 Å². The highest BCUT2D eigenvalue weighted by atomic mass is 19.2. The molecule has 1 saturated heterocycles. The molecule has 3 rings (SSSR count). The second-order valence-corrected chi connectivity index (χ2v) is 4.26. The fourth-order valence-corrected chi connectivity index (χ4v) is 2.29. The smallest absolute Gasteiger partial charge is 0.160 e. The van der Waals surface area contributed by atoms with Crippen LogP contribution in [0.4, 0.5) is 14.5 Å². The SMILES string of the molecule is Fc1ccc(N2CC3CC3C2)cc1F. The zero-order valence-electron chi connectivity index (χ0n) is 7.71. The topological polar surface area (TPSA) is 3.24 Å². The van der Waals surface area contributed by atoms with Crippen LogP contribution in [-0.4, -0.2) is 13.1 Å². The van der Waals surface area contributed by atoms with E-state index in [-0.39, 0.29) is 0 Å². The first-order valence-electron chi connectivity index (χ1n) is 4.94. The zero-order chi connectivity index (χ0) is 9.71. The van der Waals surface area contributed by atoms with E-state index >= 15 is 0 Å². The van der Waals surface area contributed by atoms with Crippen LogP contribution >= 0.6 is 0 Å². The van der Waals surface area contributed by atoms with Crippen LogP contribution in [0, 0.1) is 23.5 Å². The van der Waals surface area contributed by atoms with Gasteiger partial charge < -0.3 is 4.90 Å². The second-order valence-electron chi connectivity index (χ2n) is 4.26. The molecule has 0 N–H and O–H groups in total. The number of halogens is 2. The second kappa shape index (κ2) is 2.69. The molecular weight excluding hydrogens is 184 g/mol. The lowest BCUT2D eigenvalue weighted by Crippen LogP contribution is -2.21. The third-order valence-corrected chi connectivity index (χ3v) is 3.25. The van der Waals surface area contributed by atoms with Crippen molar-refractivity contribution in [1.29, 1.82) is 0 Å². The van der Waals surface area contributed by atoms with Crippen molar-refractivity contribution in [2.75, 3.05) is 18.0 Å². The number of piperidine rings is 1. The Bertz CT molecular complexity index is 368. The van der Waals surface area contributed by atoms with Crippen molar-refractivity contribution in [2.45, 2.75) is 6.42 Å². The van der Waals surface area contributed by atoms with E-state index in [9.17, 15) is 8.78 Å². The van der Waals surface area contributed by atoms with Gasteiger partial charge in [-0.1, -0.05) is 0 Å². The molecule has 2 fully saturated rings. The highest BCUT2D eigenvalue weighted by Crippen LogP contribution is 2.46. The maximum absolute atomic E-state index is 12.9. The van der Waals surface area contributed by atoms with Gasteiger partial charge in [-0.2, -0.15) is 0 Å². The van der Waals surface area contributed by atoms with Gasteiger partial charge in [0.2, 0.25) is 0 Å². The molecule has 1 nitrogen and oxygen atoms in total. The predicted molar refractivity (Wildman–Crippen MR) is 50.2 cm³/mol. The number of hydrogen-bond acceptors (Lipinski definition) is 1. The summed E-state index contributed by atoms with van der Waals surface area (Å²) in [6.45, 7) is 2.02. The van der Waals surface area contributed by atoms with Crippen LogP contribution in [0.5, 0.6) is 0 Å². The van der Waals surface area contributed by atoms with Crippen molar-refractivity contribution in [3.8, 4) is 0 Å². The molecule has 14 heavy (non-hydrogen) atoms. The summed E-state index contributed by atoms with van der Waals surface area (Å²) in [5, 5.41) is 0. The summed E-state index contributed by atoms with van der Waals surface area (Å²) >= 11 is 0. The molecule has 1 aromatic carbocycles. The fraction of sp³-hybridized carbons (Fsp3) is 0.455. The summed E-state index contributed by atoms with van der Waals surface area (Å²) in [5.41, 5.74) is 0.816. The summed E-state index contributed by atoms with van der Waals surface area (Å²) in [6, 6.07) is 4.15. The Morgan fingerprint density at radius 2 is 1.79 bits per heavy atom. The number of nitrogens with zero attached hydrogens (tertiary/aromatic N) is 1. The zero-order valence-corrected chi connectivity index (χ0v) is 7.71. The van der Waals surface area contributed by atoms with Gasteiger partial charge in [-0.05, 0) is 30.4 Å². The first-order chi connectivity index (χ1) is 6.74. The standard InChI is InChI=1S/C11H11F2N/c12-10-2-1-9(4-11(10)13)14-5-7-3-8(7)6-14/h1-2,4,7-8H,3,5-6H2. The molecule has 2 atom stereocenters. The molecule has 1 heterocycles. The van der Waals surface area contributed by atoms with Crippen LogP contribution in [-0.2, 0) is 0 Å². The molecule has 0 bridgehead atoms. The first-order valence-corrected chi connectivity index (χ1v) is 4.94. The first kappa shape index (κ1) is 8.21. The van der Waals surface area contributed by atoms with Crippen molar-refractivity contribution >= 4 is 5.69 Å². The highest BCUT2D eigenvalue weighted by Gasteiger charge is 2.45. The lowest BCUT2D eigenvalue weighted by atomic mass is 10.2. The number of fused-ring (bicyclic) bond motifs is 1. The van der Waals surface area contributed by atoms with E-state index in [1.54, 1.807) is 6.07 Å². The third-order valence-electron chi connectivity index (χ3n) is 3.25. The Morgan fingerprint density at radius 3 is 2.43 bits per heavy atom. The summed E-state index contributed by atoms with van der Waals surface area (Å²) < 4.78 is 25.6. The Hall–Kier alpha value is -1.12. The summed E-state index contributed by atoms with van der Waals surface area (Å²) in [4.78, 5) is 2.14. The van der Waals surface area contributed by atoms with Crippen molar-refractivity contribution in [3.63, 3.8) is 0 Å². The molecular formula is C11H11F2N. The number of rotatable bonds is 1. The monoisotopic (exact) mass is 195 g/mol.